The van der Waals surface area contributed by atoms with Crippen molar-refractivity contribution < 1.29 is 0 Å². The van der Waals surface area contributed by atoms with Crippen molar-refractivity contribution in [3.8, 4) is 5.69 Å². The molecule has 0 aliphatic carbocycles. The van der Waals surface area contributed by atoms with Gasteiger partial charge < -0.3 is 4.57 Å². The molecule has 0 unspecified atom stereocenters. The van der Waals surface area contributed by atoms with Gasteiger partial charge in [0, 0.05) is 36.6 Å². The van der Waals surface area contributed by atoms with Crippen LogP contribution in [0, 0.1) is 0 Å². The van der Waals surface area contributed by atoms with Crippen LogP contribution >= 0.6 is 11.3 Å². The zero-order chi connectivity index (χ0) is 19.7. The van der Waals surface area contributed by atoms with Crippen LogP contribution in [0.3, 0.4) is 0 Å². The lowest BCUT2D eigenvalue weighted by Crippen LogP contribution is -1.93. The lowest BCUT2D eigenvalue weighted by atomic mass is 10.1. The minimum atomic E-state index is 1.22. The van der Waals surface area contributed by atoms with Crippen LogP contribution in [-0.2, 0) is 0 Å². The second kappa shape index (κ2) is 5.94. The second-order valence-corrected chi connectivity index (χ2v) is 8.93. The van der Waals surface area contributed by atoms with Crippen molar-refractivity contribution in [2.75, 3.05) is 0 Å². The van der Waals surface area contributed by atoms with Gasteiger partial charge in [-0.25, -0.2) is 0 Å². The number of thiophene rings is 1. The topological polar surface area (TPSA) is 4.93 Å². The van der Waals surface area contributed by atoms with Crippen molar-refractivity contribution in [3.05, 3.63) is 103 Å². The van der Waals surface area contributed by atoms with E-state index in [9.17, 15) is 0 Å². The molecule has 0 bridgehead atoms. The highest BCUT2D eigenvalue weighted by atomic mass is 32.1. The first-order chi connectivity index (χ1) is 14.9. The third-order valence-electron chi connectivity index (χ3n) is 6.16. The van der Waals surface area contributed by atoms with Crippen LogP contribution < -0.4 is 0 Å². The number of hydrogen-bond acceptors (Lipinski definition) is 1. The molecule has 0 spiro atoms. The number of hydrogen-bond donors (Lipinski definition) is 0. The van der Waals surface area contributed by atoms with Crippen LogP contribution in [0.2, 0.25) is 0 Å². The summed E-state index contributed by atoms with van der Waals surface area (Å²) in [4.78, 5) is 0. The molecule has 0 atom stereocenters. The monoisotopic (exact) mass is 399 g/mol. The Morgan fingerprint density at radius 3 is 2.07 bits per heavy atom. The van der Waals surface area contributed by atoms with Crippen LogP contribution in [-0.4, -0.2) is 4.57 Å². The van der Waals surface area contributed by atoms with Crippen LogP contribution in [0.4, 0.5) is 0 Å². The average Bonchev–Trinajstić information content (AvgIpc) is 3.32. The normalized spacial score (nSPS) is 12.0. The maximum Gasteiger partial charge on any atom is 0.0547 e. The van der Waals surface area contributed by atoms with E-state index in [1.54, 1.807) is 0 Å². The van der Waals surface area contributed by atoms with E-state index in [1.807, 2.05) is 11.3 Å². The summed E-state index contributed by atoms with van der Waals surface area (Å²) < 4.78 is 5.10. The van der Waals surface area contributed by atoms with Gasteiger partial charge in [0.05, 0.1) is 11.0 Å². The lowest BCUT2D eigenvalue weighted by Gasteiger charge is -2.09. The van der Waals surface area contributed by atoms with E-state index in [2.05, 4.69) is 108 Å². The standard InChI is InChI=1S/C28H17NS/c1-2-8-19-16-26-23(15-18(19)7-1)21-9-3-5-11-25(21)29(26)20-13-14-28-24(17-20)22-10-4-6-12-27(22)30-28/h1-17H. The quantitative estimate of drug-likeness (QED) is 0.262. The van der Waals surface area contributed by atoms with Gasteiger partial charge in [0.1, 0.15) is 0 Å². The molecule has 0 N–H and O–H groups in total. The summed E-state index contributed by atoms with van der Waals surface area (Å²) in [5.41, 5.74) is 3.73. The molecule has 2 heterocycles. The van der Waals surface area contributed by atoms with E-state index in [1.165, 1.54) is 58.4 Å². The van der Waals surface area contributed by atoms with Gasteiger partial charge in [0.25, 0.3) is 0 Å². The zero-order valence-corrected chi connectivity index (χ0v) is 17.0. The maximum atomic E-state index is 2.42. The molecule has 0 amide bonds. The minimum absolute atomic E-state index is 1.22. The summed E-state index contributed by atoms with van der Waals surface area (Å²) in [5.74, 6) is 0. The molecule has 7 rings (SSSR count). The molecule has 0 saturated heterocycles. The van der Waals surface area contributed by atoms with Gasteiger partial charge in [-0.15, -0.1) is 11.3 Å². The first-order valence-electron chi connectivity index (χ1n) is 10.2. The molecule has 0 aliphatic heterocycles. The third kappa shape index (κ3) is 2.17. The van der Waals surface area contributed by atoms with Crippen LogP contribution in [0.15, 0.2) is 103 Å². The molecule has 0 aliphatic rings. The first-order valence-corrected chi connectivity index (χ1v) is 11.0. The van der Waals surface area contributed by atoms with Gasteiger partial charge in [0.15, 0.2) is 0 Å². The summed E-state index contributed by atoms with van der Waals surface area (Å²) in [5, 5.41) is 7.83. The molecule has 140 valence electrons. The number of nitrogens with zero attached hydrogens (tertiary/aromatic N) is 1. The fourth-order valence-electron chi connectivity index (χ4n) is 4.79. The van der Waals surface area contributed by atoms with Gasteiger partial charge in [-0.1, -0.05) is 60.7 Å². The Balaban J connectivity index is 1.64. The van der Waals surface area contributed by atoms with E-state index in [0.29, 0.717) is 0 Å². The van der Waals surface area contributed by atoms with Crippen molar-refractivity contribution >= 4 is 64.1 Å². The van der Waals surface area contributed by atoms with E-state index in [-0.39, 0.29) is 0 Å². The first kappa shape index (κ1) is 16.2. The van der Waals surface area contributed by atoms with Crippen molar-refractivity contribution in [1.29, 1.82) is 0 Å². The number of aromatic nitrogens is 1. The molecule has 2 aromatic heterocycles. The van der Waals surface area contributed by atoms with E-state index >= 15 is 0 Å². The Morgan fingerprint density at radius 1 is 0.467 bits per heavy atom. The molecule has 0 radical (unpaired) electrons. The third-order valence-corrected chi connectivity index (χ3v) is 7.31. The molecule has 0 fully saturated rings. The Bertz CT molecular complexity index is 1750. The highest BCUT2D eigenvalue weighted by molar-refractivity contribution is 7.25. The van der Waals surface area contributed by atoms with Gasteiger partial charge in [-0.3, -0.25) is 0 Å². The smallest absolute Gasteiger partial charge is 0.0547 e. The van der Waals surface area contributed by atoms with E-state index < -0.39 is 0 Å². The summed E-state index contributed by atoms with van der Waals surface area (Å²) in [6.45, 7) is 0. The Morgan fingerprint density at radius 2 is 1.17 bits per heavy atom. The summed E-state index contributed by atoms with van der Waals surface area (Å²) in [6.07, 6.45) is 0. The van der Waals surface area contributed by atoms with Crippen molar-refractivity contribution in [2.45, 2.75) is 0 Å². The summed E-state index contributed by atoms with van der Waals surface area (Å²) in [6, 6.07) is 37.6. The fourth-order valence-corrected chi connectivity index (χ4v) is 5.87. The predicted molar refractivity (Wildman–Crippen MR) is 131 cm³/mol. The fraction of sp³-hybridized carbons (Fsp3) is 0. The average molecular weight is 400 g/mol. The highest BCUT2D eigenvalue weighted by Crippen LogP contribution is 2.38. The van der Waals surface area contributed by atoms with Crippen LogP contribution in [0.25, 0.3) is 58.4 Å². The summed E-state index contributed by atoms with van der Waals surface area (Å²) >= 11 is 1.87. The van der Waals surface area contributed by atoms with E-state index in [4.69, 9.17) is 0 Å². The van der Waals surface area contributed by atoms with Gasteiger partial charge >= 0.3 is 0 Å². The number of rotatable bonds is 1. The number of para-hydroxylation sites is 1. The molecule has 0 saturated carbocycles. The molecular formula is C28H17NS. The molecule has 1 nitrogen and oxygen atoms in total. The SMILES string of the molecule is c1ccc2cc3c(cc2c1)c1ccccc1n3-c1ccc2sc3ccccc3c2c1. The lowest BCUT2D eigenvalue weighted by molar-refractivity contribution is 1.19. The van der Waals surface area contributed by atoms with Crippen LogP contribution in [0.1, 0.15) is 0 Å². The molecular weight excluding hydrogens is 382 g/mol. The van der Waals surface area contributed by atoms with Crippen molar-refractivity contribution in [1.82, 2.24) is 4.57 Å². The molecule has 5 aromatic carbocycles. The molecule has 2 heteroatoms. The van der Waals surface area contributed by atoms with E-state index in [0.717, 1.165) is 0 Å². The molecule has 30 heavy (non-hydrogen) atoms. The van der Waals surface area contributed by atoms with Gasteiger partial charge in [-0.05, 0) is 53.2 Å². The number of benzene rings is 5. The Hall–Kier alpha value is -3.62. The zero-order valence-electron chi connectivity index (χ0n) is 16.2. The minimum Gasteiger partial charge on any atom is -0.309 e. The second-order valence-electron chi connectivity index (χ2n) is 7.85. The van der Waals surface area contributed by atoms with Crippen molar-refractivity contribution in [2.24, 2.45) is 0 Å². The Kier molecular flexibility index (Phi) is 3.21. The predicted octanol–water partition coefficient (Wildman–Crippen LogP) is 8.30. The maximum absolute atomic E-state index is 2.42. The van der Waals surface area contributed by atoms with Gasteiger partial charge in [0.2, 0.25) is 0 Å². The van der Waals surface area contributed by atoms with Crippen LogP contribution in [0.5, 0.6) is 0 Å². The summed E-state index contributed by atoms with van der Waals surface area (Å²) in [7, 11) is 0. The highest BCUT2D eigenvalue weighted by Gasteiger charge is 2.14. The van der Waals surface area contributed by atoms with Crippen molar-refractivity contribution in [3.63, 3.8) is 0 Å². The largest absolute Gasteiger partial charge is 0.309 e. The number of fused-ring (bicyclic) bond motifs is 7. The van der Waals surface area contributed by atoms with Gasteiger partial charge in [-0.2, -0.15) is 0 Å². The molecule has 7 aromatic rings. The Labute approximate surface area is 177 Å².